The molecule has 1 aromatic rings. The molecule has 2 rings (SSSR count). The molecule has 1 saturated heterocycles. The van der Waals surface area contributed by atoms with Gasteiger partial charge in [-0.2, -0.15) is 0 Å². The maximum atomic E-state index is 5.18. The van der Waals surface area contributed by atoms with Crippen LogP contribution < -0.4 is 15.5 Å². The van der Waals surface area contributed by atoms with Crippen LogP contribution in [0.5, 0.6) is 0 Å². The van der Waals surface area contributed by atoms with Crippen molar-refractivity contribution in [1.82, 2.24) is 15.5 Å². The molecule has 0 spiro atoms. The molecule has 0 aromatic heterocycles. The molecule has 28 heavy (non-hydrogen) atoms. The topological polar surface area (TPSA) is 52.1 Å². The van der Waals surface area contributed by atoms with Crippen LogP contribution in [0.25, 0.3) is 0 Å². The van der Waals surface area contributed by atoms with Gasteiger partial charge in [0.2, 0.25) is 0 Å². The fourth-order valence-corrected chi connectivity index (χ4v) is 3.54. The molecule has 0 radical (unpaired) electrons. The molecule has 0 aliphatic carbocycles. The second-order valence-electron chi connectivity index (χ2n) is 7.64. The van der Waals surface area contributed by atoms with Crippen LogP contribution in [0.2, 0.25) is 0 Å². The Morgan fingerprint density at radius 2 is 2.00 bits per heavy atom. The van der Waals surface area contributed by atoms with Crippen LogP contribution in [0.1, 0.15) is 32.3 Å². The number of ether oxygens (including phenoxy) is 1. The Bertz CT molecular complexity index is 584. The van der Waals surface area contributed by atoms with E-state index in [1.54, 1.807) is 7.11 Å². The second-order valence-corrected chi connectivity index (χ2v) is 7.64. The zero-order chi connectivity index (χ0) is 20.2. The molecule has 1 aromatic carbocycles. The van der Waals surface area contributed by atoms with Crippen molar-refractivity contribution in [2.75, 3.05) is 64.4 Å². The predicted molar refractivity (Wildman–Crippen MR) is 120 cm³/mol. The molecule has 0 bridgehead atoms. The van der Waals surface area contributed by atoms with Crippen molar-refractivity contribution in [3.63, 3.8) is 0 Å². The number of hydrogen-bond acceptors (Lipinski definition) is 4. The lowest BCUT2D eigenvalue weighted by Crippen LogP contribution is -2.46. The van der Waals surface area contributed by atoms with E-state index in [-0.39, 0.29) is 6.04 Å². The van der Waals surface area contributed by atoms with E-state index >= 15 is 0 Å². The molecule has 1 aliphatic rings. The van der Waals surface area contributed by atoms with Gasteiger partial charge in [-0.15, -0.1) is 0 Å². The summed E-state index contributed by atoms with van der Waals surface area (Å²) in [5.74, 6) is 0.888. The molecule has 6 nitrogen and oxygen atoms in total. The summed E-state index contributed by atoms with van der Waals surface area (Å²) in [5, 5.41) is 6.69. The van der Waals surface area contributed by atoms with E-state index < -0.39 is 0 Å². The Kier molecular flexibility index (Phi) is 10.1. The lowest BCUT2D eigenvalue weighted by atomic mass is 10.2. The molecule has 1 unspecified atom stereocenters. The molecular formula is C22H39N5O. The molecule has 2 N–H and O–H groups in total. The van der Waals surface area contributed by atoms with E-state index in [1.807, 2.05) is 0 Å². The number of piperazine rings is 1. The van der Waals surface area contributed by atoms with Crippen LogP contribution in [-0.4, -0.2) is 76.4 Å². The average Bonchev–Trinajstić information content (AvgIpc) is 2.68. The Morgan fingerprint density at radius 1 is 1.21 bits per heavy atom. The summed E-state index contributed by atoms with van der Waals surface area (Å²) >= 11 is 0. The maximum Gasteiger partial charge on any atom is 0.191 e. The molecule has 6 heteroatoms. The standard InChI is InChI=1S/C22H39N5O/c1-5-23-22(25-20(3)18-28-4)24-11-6-7-12-26-13-15-27(16-14-26)21-10-8-9-19(2)17-21/h8-10,17,20H,5-7,11-16,18H2,1-4H3,(H2,23,24,25). The van der Waals surface area contributed by atoms with Crippen molar-refractivity contribution in [1.29, 1.82) is 0 Å². The number of benzene rings is 1. The number of nitrogens with one attached hydrogen (secondary N) is 2. The summed E-state index contributed by atoms with van der Waals surface area (Å²) in [7, 11) is 1.73. The van der Waals surface area contributed by atoms with Crippen LogP contribution >= 0.6 is 0 Å². The van der Waals surface area contributed by atoms with Crippen LogP contribution in [-0.2, 0) is 4.74 Å². The number of methoxy groups -OCH3 is 1. The number of nitrogens with zero attached hydrogens (tertiary/aromatic N) is 3. The van der Waals surface area contributed by atoms with Crippen molar-refractivity contribution >= 4 is 11.6 Å². The van der Waals surface area contributed by atoms with Gasteiger partial charge >= 0.3 is 0 Å². The molecule has 1 atom stereocenters. The maximum absolute atomic E-state index is 5.18. The van der Waals surface area contributed by atoms with E-state index in [1.165, 1.54) is 24.2 Å². The molecular weight excluding hydrogens is 350 g/mol. The highest BCUT2D eigenvalue weighted by Crippen LogP contribution is 2.17. The van der Waals surface area contributed by atoms with Crippen molar-refractivity contribution in [2.45, 2.75) is 39.7 Å². The van der Waals surface area contributed by atoms with Crippen molar-refractivity contribution < 1.29 is 4.74 Å². The molecule has 1 fully saturated rings. The minimum absolute atomic E-state index is 0.257. The zero-order valence-corrected chi connectivity index (χ0v) is 18.2. The second kappa shape index (κ2) is 12.6. The van der Waals surface area contributed by atoms with Gasteiger partial charge in [-0.3, -0.25) is 9.89 Å². The largest absolute Gasteiger partial charge is 0.383 e. The van der Waals surface area contributed by atoms with Crippen molar-refractivity contribution in [2.24, 2.45) is 4.99 Å². The van der Waals surface area contributed by atoms with E-state index in [0.29, 0.717) is 6.61 Å². The van der Waals surface area contributed by atoms with E-state index in [9.17, 15) is 0 Å². The lowest BCUT2D eigenvalue weighted by Gasteiger charge is -2.36. The van der Waals surface area contributed by atoms with Gasteiger partial charge in [0.15, 0.2) is 5.96 Å². The predicted octanol–water partition coefficient (Wildman–Crippen LogP) is 2.49. The van der Waals surface area contributed by atoms with Gasteiger partial charge in [0.05, 0.1) is 6.61 Å². The number of anilines is 1. The van der Waals surface area contributed by atoms with Crippen molar-refractivity contribution in [3.05, 3.63) is 29.8 Å². The Hall–Kier alpha value is -1.79. The van der Waals surface area contributed by atoms with Crippen LogP contribution in [0.3, 0.4) is 0 Å². The number of unbranched alkanes of at least 4 members (excludes halogenated alkanes) is 1. The summed E-state index contributed by atoms with van der Waals surface area (Å²) in [6.07, 6.45) is 2.31. The molecule has 158 valence electrons. The molecule has 1 heterocycles. The quantitative estimate of drug-likeness (QED) is 0.366. The van der Waals surface area contributed by atoms with E-state index in [4.69, 9.17) is 9.73 Å². The summed E-state index contributed by atoms with van der Waals surface area (Å²) < 4.78 is 5.18. The minimum Gasteiger partial charge on any atom is -0.383 e. The number of aliphatic imine (C=N–C) groups is 1. The minimum atomic E-state index is 0.257. The van der Waals surface area contributed by atoms with Gasteiger partial charge in [0, 0.05) is 58.1 Å². The highest BCUT2D eigenvalue weighted by molar-refractivity contribution is 5.80. The van der Waals surface area contributed by atoms with Gasteiger partial charge < -0.3 is 20.3 Å². The highest BCUT2D eigenvalue weighted by Gasteiger charge is 2.16. The van der Waals surface area contributed by atoms with Crippen LogP contribution in [0.4, 0.5) is 5.69 Å². The first-order valence-corrected chi connectivity index (χ1v) is 10.7. The van der Waals surface area contributed by atoms with Gasteiger partial charge in [-0.1, -0.05) is 12.1 Å². The number of hydrogen-bond donors (Lipinski definition) is 2. The third-order valence-corrected chi connectivity index (χ3v) is 5.04. The summed E-state index contributed by atoms with van der Waals surface area (Å²) in [6.45, 7) is 14.5. The van der Waals surface area contributed by atoms with Gasteiger partial charge in [0.1, 0.15) is 0 Å². The first-order valence-electron chi connectivity index (χ1n) is 10.7. The van der Waals surface area contributed by atoms with Crippen molar-refractivity contribution in [3.8, 4) is 0 Å². The number of rotatable bonds is 10. The Morgan fingerprint density at radius 3 is 2.68 bits per heavy atom. The van der Waals surface area contributed by atoms with Crippen LogP contribution in [0, 0.1) is 6.92 Å². The number of guanidine groups is 1. The Labute approximate surface area is 171 Å². The van der Waals surface area contributed by atoms with E-state index in [2.05, 4.69) is 65.5 Å². The Balaban J connectivity index is 1.64. The fraction of sp³-hybridized carbons (Fsp3) is 0.682. The highest BCUT2D eigenvalue weighted by atomic mass is 16.5. The molecule has 1 aliphatic heterocycles. The van der Waals surface area contributed by atoms with Gasteiger partial charge in [-0.25, -0.2) is 0 Å². The van der Waals surface area contributed by atoms with Gasteiger partial charge in [-0.05, 0) is 57.9 Å². The smallest absolute Gasteiger partial charge is 0.191 e. The summed E-state index contributed by atoms with van der Waals surface area (Å²) in [4.78, 5) is 9.78. The number of aryl methyl sites for hydroxylation is 1. The molecule has 0 amide bonds. The summed E-state index contributed by atoms with van der Waals surface area (Å²) in [6, 6.07) is 9.09. The first-order chi connectivity index (χ1) is 13.6. The monoisotopic (exact) mass is 389 g/mol. The fourth-order valence-electron chi connectivity index (χ4n) is 3.54. The summed E-state index contributed by atoms with van der Waals surface area (Å²) in [5.41, 5.74) is 2.70. The average molecular weight is 390 g/mol. The normalized spacial score (nSPS) is 16.9. The third-order valence-electron chi connectivity index (χ3n) is 5.04. The SMILES string of the molecule is CCNC(=NCCCCN1CCN(c2cccc(C)c2)CC1)NC(C)COC. The van der Waals surface area contributed by atoms with Gasteiger partial charge in [0.25, 0.3) is 0 Å². The zero-order valence-electron chi connectivity index (χ0n) is 18.2. The molecule has 0 saturated carbocycles. The lowest BCUT2D eigenvalue weighted by molar-refractivity contribution is 0.179. The third kappa shape index (κ3) is 8.07. The van der Waals surface area contributed by atoms with E-state index in [0.717, 1.165) is 51.6 Å². The van der Waals surface area contributed by atoms with Crippen LogP contribution in [0.15, 0.2) is 29.3 Å². The first kappa shape index (κ1) is 22.5.